The molecule has 2 aliphatic heterocycles. The number of benzene rings is 1. The molecule has 2 aliphatic rings. The van der Waals surface area contributed by atoms with Crippen LogP contribution in [0.1, 0.15) is 13.8 Å². The van der Waals surface area contributed by atoms with Crippen molar-refractivity contribution in [2.24, 2.45) is 0 Å². The Morgan fingerprint density at radius 1 is 1.27 bits per heavy atom. The number of esters is 1. The molecule has 0 atom stereocenters. The minimum Gasteiger partial charge on any atom is -0.454 e. The van der Waals surface area contributed by atoms with Crippen molar-refractivity contribution in [3.05, 3.63) is 24.3 Å². The minimum atomic E-state index is -1.13. The van der Waals surface area contributed by atoms with Crippen LogP contribution >= 0.6 is 11.8 Å². The molecule has 1 aromatic carbocycles. The summed E-state index contributed by atoms with van der Waals surface area (Å²) >= 11 is 1.15. The lowest BCUT2D eigenvalue weighted by atomic mass is 9.96. The van der Waals surface area contributed by atoms with Crippen molar-refractivity contribution in [3.63, 3.8) is 0 Å². The molecule has 1 aromatic rings. The van der Waals surface area contributed by atoms with Crippen molar-refractivity contribution in [1.29, 1.82) is 0 Å². The van der Waals surface area contributed by atoms with Crippen LogP contribution in [0.15, 0.2) is 24.3 Å². The highest BCUT2D eigenvalue weighted by atomic mass is 32.2. The third-order valence-electron chi connectivity index (χ3n) is 4.28. The fourth-order valence-electron chi connectivity index (χ4n) is 2.88. The molecule has 0 bridgehead atoms. The molecule has 2 heterocycles. The number of hydrogen-bond donors (Lipinski definition) is 1. The average Bonchev–Trinajstić information content (AvgIpc) is 2.98. The lowest BCUT2D eigenvalue weighted by Crippen LogP contribution is -2.59. The molecule has 1 fully saturated rings. The number of anilines is 2. The fraction of sp³-hybridized carbons (Fsp3) is 0.412. The van der Waals surface area contributed by atoms with Crippen LogP contribution in [0.4, 0.5) is 16.2 Å². The molecule has 0 unspecified atom stereocenters. The van der Waals surface area contributed by atoms with E-state index in [4.69, 9.17) is 4.74 Å². The first-order valence-electron chi connectivity index (χ1n) is 8.11. The van der Waals surface area contributed by atoms with Crippen LogP contribution in [0.25, 0.3) is 0 Å². The summed E-state index contributed by atoms with van der Waals surface area (Å²) in [7, 11) is 0. The number of amides is 3. The Morgan fingerprint density at radius 3 is 2.69 bits per heavy atom. The van der Waals surface area contributed by atoms with Crippen molar-refractivity contribution in [2.75, 3.05) is 35.7 Å². The van der Waals surface area contributed by atoms with E-state index in [9.17, 15) is 19.2 Å². The molecular weight excluding hydrogens is 358 g/mol. The lowest BCUT2D eigenvalue weighted by Gasteiger charge is -2.41. The van der Waals surface area contributed by atoms with Gasteiger partial charge in [0.25, 0.3) is 11.1 Å². The van der Waals surface area contributed by atoms with Crippen LogP contribution in [-0.2, 0) is 19.1 Å². The Kier molecular flexibility index (Phi) is 4.90. The summed E-state index contributed by atoms with van der Waals surface area (Å²) in [6.45, 7) is 3.05. The second-order valence-corrected chi connectivity index (χ2v) is 7.50. The number of thioether (sulfide) groups is 1. The molecule has 9 heteroatoms. The van der Waals surface area contributed by atoms with E-state index in [1.54, 1.807) is 38.1 Å². The maximum Gasteiger partial charge on any atom is 0.326 e. The summed E-state index contributed by atoms with van der Waals surface area (Å²) in [6, 6.07) is 6.93. The summed E-state index contributed by atoms with van der Waals surface area (Å²) in [5.41, 5.74) is -0.0557. The van der Waals surface area contributed by atoms with Crippen LogP contribution in [0.2, 0.25) is 0 Å². The standard InChI is InChI=1S/C17H19N3O5S/c1-17(2)15(23)18-11-5-3-4-6-12(11)20(17)13(21)10-25-14(22)9-19-7-8-26-16(19)24/h3-6H,7-10H2,1-2H3,(H,18,23). The summed E-state index contributed by atoms with van der Waals surface area (Å²) in [5.74, 6) is -0.844. The SMILES string of the molecule is CC1(C)C(=O)Nc2ccccc2N1C(=O)COC(=O)CN1CCSC1=O. The summed E-state index contributed by atoms with van der Waals surface area (Å²) in [5, 5.41) is 2.60. The van der Waals surface area contributed by atoms with E-state index in [1.807, 2.05) is 0 Å². The van der Waals surface area contributed by atoms with Gasteiger partial charge in [-0.1, -0.05) is 23.9 Å². The highest BCUT2D eigenvalue weighted by molar-refractivity contribution is 8.13. The third kappa shape index (κ3) is 3.39. The number of rotatable bonds is 4. The van der Waals surface area contributed by atoms with Crippen molar-refractivity contribution in [3.8, 4) is 0 Å². The van der Waals surface area contributed by atoms with Crippen LogP contribution in [0, 0.1) is 0 Å². The zero-order valence-corrected chi connectivity index (χ0v) is 15.3. The molecule has 3 amide bonds. The van der Waals surface area contributed by atoms with Gasteiger partial charge in [0.1, 0.15) is 12.1 Å². The van der Waals surface area contributed by atoms with Crippen LogP contribution < -0.4 is 10.2 Å². The van der Waals surface area contributed by atoms with Crippen molar-refractivity contribution >= 4 is 46.2 Å². The van der Waals surface area contributed by atoms with Crippen LogP contribution in [-0.4, -0.2) is 58.9 Å². The van der Waals surface area contributed by atoms with Crippen molar-refractivity contribution < 1.29 is 23.9 Å². The monoisotopic (exact) mass is 377 g/mol. The van der Waals surface area contributed by atoms with Gasteiger partial charge in [0.2, 0.25) is 5.91 Å². The summed E-state index contributed by atoms with van der Waals surface area (Å²) < 4.78 is 5.05. The number of carbonyl (C=O) groups excluding carboxylic acids is 4. The van der Waals surface area contributed by atoms with Gasteiger partial charge >= 0.3 is 5.97 Å². The van der Waals surface area contributed by atoms with Crippen molar-refractivity contribution in [2.45, 2.75) is 19.4 Å². The van der Waals surface area contributed by atoms with Gasteiger partial charge in [0, 0.05) is 12.3 Å². The number of hydrogen-bond acceptors (Lipinski definition) is 6. The molecule has 0 saturated carbocycles. The van der Waals surface area contributed by atoms with E-state index < -0.39 is 24.0 Å². The molecule has 0 aromatic heterocycles. The highest BCUT2D eigenvalue weighted by Gasteiger charge is 2.43. The summed E-state index contributed by atoms with van der Waals surface area (Å²) in [4.78, 5) is 51.2. The smallest absolute Gasteiger partial charge is 0.326 e. The first kappa shape index (κ1) is 18.2. The second kappa shape index (κ2) is 6.99. The Morgan fingerprint density at radius 2 is 2.00 bits per heavy atom. The van der Waals surface area contributed by atoms with E-state index in [1.165, 1.54) is 9.80 Å². The van der Waals surface area contributed by atoms with Gasteiger partial charge in [-0.2, -0.15) is 0 Å². The Hall–Kier alpha value is -2.55. The number of nitrogens with one attached hydrogen (secondary N) is 1. The molecule has 0 radical (unpaired) electrons. The maximum atomic E-state index is 12.7. The number of ether oxygens (including phenoxy) is 1. The predicted molar refractivity (Wildman–Crippen MR) is 97.0 cm³/mol. The van der Waals surface area contributed by atoms with Gasteiger partial charge in [-0.15, -0.1) is 0 Å². The van der Waals surface area contributed by atoms with Gasteiger partial charge in [0.15, 0.2) is 6.61 Å². The number of carbonyl (C=O) groups is 4. The second-order valence-electron chi connectivity index (χ2n) is 6.46. The van der Waals surface area contributed by atoms with Gasteiger partial charge in [-0.05, 0) is 26.0 Å². The zero-order valence-electron chi connectivity index (χ0n) is 14.5. The molecule has 26 heavy (non-hydrogen) atoms. The quantitative estimate of drug-likeness (QED) is 0.798. The molecule has 138 valence electrons. The average molecular weight is 377 g/mol. The number of para-hydroxylation sites is 2. The fourth-order valence-corrected chi connectivity index (χ4v) is 3.70. The first-order valence-corrected chi connectivity index (χ1v) is 9.10. The molecule has 1 N–H and O–H groups in total. The van der Waals surface area contributed by atoms with E-state index >= 15 is 0 Å². The topological polar surface area (TPSA) is 96.0 Å². The molecule has 0 spiro atoms. The van der Waals surface area contributed by atoms with Crippen LogP contribution in [0.5, 0.6) is 0 Å². The minimum absolute atomic E-state index is 0.170. The normalized spacial score (nSPS) is 18.4. The Bertz CT molecular complexity index is 779. The molecule has 3 rings (SSSR count). The van der Waals surface area contributed by atoms with E-state index in [-0.39, 0.29) is 17.7 Å². The third-order valence-corrected chi connectivity index (χ3v) is 5.17. The van der Waals surface area contributed by atoms with E-state index in [2.05, 4.69) is 5.32 Å². The lowest BCUT2D eigenvalue weighted by molar-refractivity contribution is -0.148. The molecule has 8 nitrogen and oxygen atoms in total. The van der Waals surface area contributed by atoms with E-state index in [0.717, 1.165) is 11.8 Å². The Labute approximate surface area is 154 Å². The zero-order chi connectivity index (χ0) is 18.9. The Balaban J connectivity index is 1.69. The van der Waals surface area contributed by atoms with Gasteiger partial charge in [0.05, 0.1) is 11.4 Å². The van der Waals surface area contributed by atoms with E-state index in [0.29, 0.717) is 23.7 Å². The largest absolute Gasteiger partial charge is 0.454 e. The molecular formula is C17H19N3O5S. The molecule has 1 saturated heterocycles. The highest BCUT2D eigenvalue weighted by Crippen LogP contribution is 2.36. The van der Waals surface area contributed by atoms with Gasteiger partial charge < -0.3 is 15.0 Å². The van der Waals surface area contributed by atoms with Crippen molar-refractivity contribution in [1.82, 2.24) is 4.90 Å². The summed E-state index contributed by atoms with van der Waals surface area (Å²) in [6.07, 6.45) is 0. The van der Waals surface area contributed by atoms with Crippen LogP contribution in [0.3, 0.4) is 0 Å². The maximum absolute atomic E-state index is 12.7. The molecule has 0 aliphatic carbocycles. The predicted octanol–water partition coefficient (Wildman–Crippen LogP) is 1.46. The number of fused-ring (bicyclic) bond motifs is 1. The van der Waals surface area contributed by atoms with Gasteiger partial charge in [-0.3, -0.25) is 24.1 Å². The van der Waals surface area contributed by atoms with Gasteiger partial charge in [-0.25, -0.2) is 0 Å². The number of nitrogens with zero attached hydrogens (tertiary/aromatic N) is 2. The first-order chi connectivity index (χ1) is 12.3.